The second kappa shape index (κ2) is 8.70. The molecular formula is C24H13Cl2F5N4O2. The van der Waals surface area contributed by atoms with Crippen molar-refractivity contribution in [2.75, 3.05) is 5.32 Å². The molecule has 13 heteroatoms. The van der Waals surface area contributed by atoms with Gasteiger partial charge >= 0.3 is 6.18 Å². The van der Waals surface area contributed by atoms with Crippen LogP contribution in [0.3, 0.4) is 0 Å². The molecule has 1 aliphatic rings. The summed E-state index contributed by atoms with van der Waals surface area (Å²) >= 11 is 12.6. The van der Waals surface area contributed by atoms with Crippen molar-refractivity contribution in [2.24, 2.45) is 7.05 Å². The van der Waals surface area contributed by atoms with E-state index in [2.05, 4.69) is 15.7 Å². The van der Waals surface area contributed by atoms with Crippen LogP contribution in [0, 0.1) is 11.6 Å². The van der Waals surface area contributed by atoms with Crippen molar-refractivity contribution in [1.82, 2.24) is 15.1 Å². The third-order valence-corrected chi connectivity index (χ3v) is 6.68. The van der Waals surface area contributed by atoms with Crippen LogP contribution in [0.5, 0.6) is 0 Å². The van der Waals surface area contributed by atoms with E-state index < -0.39 is 46.8 Å². The summed E-state index contributed by atoms with van der Waals surface area (Å²) in [6.07, 6.45) is -4.89. The van der Waals surface area contributed by atoms with Crippen molar-refractivity contribution in [3.63, 3.8) is 0 Å². The molecule has 0 saturated carbocycles. The molecule has 1 unspecified atom stereocenters. The van der Waals surface area contributed by atoms with Crippen molar-refractivity contribution in [1.29, 1.82) is 0 Å². The Morgan fingerprint density at radius 1 is 1.08 bits per heavy atom. The van der Waals surface area contributed by atoms with Crippen molar-refractivity contribution in [3.05, 3.63) is 92.1 Å². The van der Waals surface area contributed by atoms with E-state index in [1.807, 2.05) is 0 Å². The highest BCUT2D eigenvalue weighted by molar-refractivity contribution is 6.35. The Bertz CT molecular complexity index is 1630. The Hall–Kier alpha value is -3.70. The van der Waals surface area contributed by atoms with Crippen LogP contribution in [-0.4, -0.2) is 21.6 Å². The minimum Gasteiger partial charge on any atom is -0.341 e. The van der Waals surface area contributed by atoms with E-state index in [9.17, 15) is 31.5 Å². The number of carbonyl (C=O) groups is 2. The molecule has 5 rings (SSSR count). The maximum absolute atomic E-state index is 14.1. The number of nitrogens with one attached hydrogen (secondary N) is 2. The number of hydrogen-bond acceptors (Lipinski definition) is 3. The normalized spacial score (nSPS) is 15.1. The van der Waals surface area contributed by atoms with Gasteiger partial charge in [0.1, 0.15) is 22.3 Å². The van der Waals surface area contributed by atoms with E-state index in [1.165, 1.54) is 23.9 Å². The first-order chi connectivity index (χ1) is 17.3. The summed E-state index contributed by atoms with van der Waals surface area (Å²) in [6, 6.07) is 5.25. The van der Waals surface area contributed by atoms with Crippen molar-refractivity contribution in [3.8, 4) is 0 Å². The predicted octanol–water partition coefficient (Wildman–Crippen LogP) is 6.26. The molecule has 2 amide bonds. The number of halogens is 7. The van der Waals surface area contributed by atoms with Gasteiger partial charge in [0, 0.05) is 39.8 Å². The first-order valence-corrected chi connectivity index (χ1v) is 11.2. The lowest BCUT2D eigenvalue weighted by Crippen LogP contribution is -2.21. The number of fused-ring (bicyclic) bond motifs is 3. The fraction of sp³-hybridized carbons (Fsp3) is 0.125. The van der Waals surface area contributed by atoms with Crippen molar-refractivity contribution >= 4 is 51.6 Å². The first kappa shape index (κ1) is 25.0. The average molecular weight is 555 g/mol. The maximum Gasteiger partial charge on any atom is 0.416 e. The van der Waals surface area contributed by atoms with Crippen molar-refractivity contribution < 1.29 is 31.5 Å². The molecule has 0 radical (unpaired) electrons. The van der Waals surface area contributed by atoms with E-state index in [0.29, 0.717) is 12.1 Å². The molecule has 0 fully saturated rings. The molecule has 4 aromatic rings. The van der Waals surface area contributed by atoms with E-state index in [0.717, 1.165) is 12.1 Å². The molecule has 0 saturated heterocycles. The third-order valence-electron chi connectivity index (χ3n) is 5.89. The molecule has 2 N–H and O–H groups in total. The number of amides is 2. The fourth-order valence-corrected chi connectivity index (χ4v) is 4.68. The minimum atomic E-state index is -4.89. The van der Waals surface area contributed by atoms with Crippen LogP contribution >= 0.6 is 23.2 Å². The fourth-order valence-electron chi connectivity index (χ4n) is 4.27. The van der Waals surface area contributed by atoms with Crippen LogP contribution in [0.25, 0.3) is 10.9 Å². The van der Waals surface area contributed by atoms with Crippen LogP contribution in [0.2, 0.25) is 10.2 Å². The molecule has 0 spiro atoms. The molecule has 6 nitrogen and oxygen atoms in total. The quantitative estimate of drug-likeness (QED) is 0.293. The number of aromatic nitrogens is 2. The molecule has 0 bridgehead atoms. The predicted molar refractivity (Wildman–Crippen MR) is 126 cm³/mol. The zero-order chi connectivity index (χ0) is 26.8. The van der Waals surface area contributed by atoms with Crippen LogP contribution in [0.4, 0.5) is 27.6 Å². The first-order valence-electron chi connectivity index (χ1n) is 10.5. The van der Waals surface area contributed by atoms with Gasteiger partial charge < -0.3 is 10.6 Å². The van der Waals surface area contributed by atoms with Gasteiger partial charge in [0.2, 0.25) is 0 Å². The van der Waals surface area contributed by atoms with Gasteiger partial charge in [-0.25, -0.2) is 8.78 Å². The summed E-state index contributed by atoms with van der Waals surface area (Å²) in [5, 5.41) is 9.86. The van der Waals surface area contributed by atoms with Crippen LogP contribution < -0.4 is 10.6 Å². The number of alkyl halides is 3. The van der Waals surface area contributed by atoms with E-state index in [-0.39, 0.29) is 49.5 Å². The molecule has 3 aromatic carbocycles. The Balaban J connectivity index is 1.70. The van der Waals surface area contributed by atoms with E-state index in [1.54, 1.807) is 0 Å². The number of carbonyl (C=O) groups excluding carboxylic acids is 2. The van der Waals surface area contributed by atoms with Gasteiger partial charge in [-0.2, -0.15) is 18.3 Å². The minimum absolute atomic E-state index is 0.0100. The number of rotatable bonds is 3. The number of benzene rings is 3. The topological polar surface area (TPSA) is 76.0 Å². The Morgan fingerprint density at radius 3 is 2.51 bits per heavy atom. The second-order valence-corrected chi connectivity index (χ2v) is 9.04. The second-order valence-electron chi connectivity index (χ2n) is 8.28. The summed E-state index contributed by atoms with van der Waals surface area (Å²) in [5.74, 6) is -3.62. The molecule has 1 aromatic heterocycles. The number of aryl methyl sites for hydroxylation is 1. The van der Waals surface area contributed by atoms with Gasteiger partial charge in [0.05, 0.1) is 17.2 Å². The third kappa shape index (κ3) is 4.27. The highest BCUT2D eigenvalue weighted by atomic mass is 35.5. The molecule has 190 valence electrons. The summed E-state index contributed by atoms with van der Waals surface area (Å²) in [7, 11) is 1.52. The SMILES string of the molecule is Cn1nc2c3c(c(NC(=O)c4cc(F)cc(C(F)(F)F)c4)cc2c1Cl)C(c1cc(F)ccc1Cl)NC3=O. The summed E-state index contributed by atoms with van der Waals surface area (Å²) < 4.78 is 68.9. The monoisotopic (exact) mass is 554 g/mol. The highest BCUT2D eigenvalue weighted by Gasteiger charge is 2.38. The average Bonchev–Trinajstić information content (AvgIpc) is 3.31. The smallest absolute Gasteiger partial charge is 0.341 e. The molecule has 37 heavy (non-hydrogen) atoms. The lowest BCUT2D eigenvalue weighted by atomic mass is 9.94. The zero-order valence-corrected chi connectivity index (χ0v) is 20.0. The molecule has 2 heterocycles. The van der Waals surface area contributed by atoms with Crippen LogP contribution in [0.1, 0.15) is 43.4 Å². The summed E-state index contributed by atoms with van der Waals surface area (Å²) in [4.78, 5) is 26.1. The van der Waals surface area contributed by atoms with E-state index in [4.69, 9.17) is 23.2 Å². The van der Waals surface area contributed by atoms with Gasteiger partial charge in [-0.05, 0) is 42.5 Å². The molecule has 1 atom stereocenters. The molecular weight excluding hydrogens is 542 g/mol. The van der Waals surface area contributed by atoms with Crippen molar-refractivity contribution in [2.45, 2.75) is 12.2 Å². The van der Waals surface area contributed by atoms with Crippen LogP contribution in [0.15, 0.2) is 42.5 Å². The summed E-state index contributed by atoms with van der Waals surface area (Å²) in [6.45, 7) is 0. The Kier molecular flexibility index (Phi) is 5.87. The van der Waals surface area contributed by atoms with Gasteiger partial charge in [-0.15, -0.1) is 0 Å². The van der Waals surface area contributed by atoms with Gasteiger partial charge in [0.25, 0.3) is 11.8 Å². The molecule has 1 aliphatic heterocycles. The number of anilines is 1. The Morgan fingerprint density at radius 2 is 1.81 bits per heavy atom. The number of nitrogens with zero attached hydrogens (tertiary/aromatic N) is 2. The van der Waals surface area contributed by atoms with E-state index >= 15 is 0 Å². The number of hydrogen-bond donors (Lipinski definition) is 2. The largest absolute Gasteiger partial charge is 0.416 e. The lowest BCUT2D eigenvalue weighted by molar-refractivity contribution is -0.137. The maximum atomic E-state index is 14.1. The summed E-state index contributed by atoms with van der Waals surface area (Å²) in [5.41, 5.74) is -1.51. The standard InChI is InChI=1S/C24H13Cl2F5N4O2/c1-35-21(26)14-8-16(32-22(36)9-4-10(24(29,30)31)6-12(28)5-9)17-18(20(14)34-35)23(37)33-19(17)13-7-11(27)2-3-15(13)25/h2-8,19H,1H3,(H,32,36)(H,33,37). The van der Waals surface area contributed by atoms with Gasteiger partial charge in [0.15, 0.2) is 0 Å². The lowest BCUT2D eigenvalue weighted by Gasteiger charge is -2.18. The Labute approximate surface area is 215 Å². The highest BCUT2D eigenvalue weighted by Crippen LogP contribution is 2.44. The van der Waals surface area contributed by atoms with Crippen LogP contribution in [-0.2, 0) is 13.2 Å². The molecule has 0 aliphatic carbocycles. The zero-order valence-electron chi connectivity index (χ0n) is 18.5. The van der Waals surface area contributed by atoms with Gasteiger partial charge in [-0.3, -0.25) is 14.3 Å². The van der Waals surface area contributed by atoms with Gasteiger partial charge in [-0.1, -0.05) is 23.2 Å².